The van der Waals surface area contributed by atoms with Gasteiger partial charge in [-0.1, -0.05) is 46.4 Å². The van der Waals surface area contributed by atoms with Crippen LogP contribution in [0.4, 0.5) is 11.4 Å². The average Bonchev–Trinajstić information content (AvgIpc) is 1.23. The Balaban J connectivity index is 0.000000128. The molecule has 594 valence electrons. The number of nitrogens with zero attached hydrogens (tertiary/aromatic N) is 12. The van der Waals surface area contributed by atoms with E-state index in [0.717, 1.165) is 154 Å². The topological polar surface area (TPSA) is 358 Å². The third-order valence-electron chi connectivity index (χ3n) is 22.1. The summed E-state index contributed by atoms with van der Waals surface area (Å²) in [5.41, 5.74) is 11.0. The number of carbonyl (C=O) groups is 2. The zero-order valence-corrected chi connectivity index (χ0v) is 68.6. The number of hydrogen-bond donors (Lipinski definition) is 7. The van der Waals surface area contributed by atoms with Gasteiger partial charge in [-0.2, -0.15) is 46.8 Å². The Morgan fingerprint density at radius 1 is 0.500 bits per heavy atom. The quantitative estimate of drug-likeness (QED) is 0.0597. The zero-order chi connectivity index (χ0) is 78.8. The molecule has 0 radical (unpaired) electrons. The molecule has 8 N–H and O–H groups in total. The number of benzene rings is 5. The van der Waals surface area contributed by atoms with Gasteiger partial charge in [0.15, 0.2) is 0 Å². The molecule has 6 aliphatic heterocycles. The number of piperidine rings is 4. The maximum atomic E-state index is 12.1. The molecule has 35 heteroatoms. The van der Waals surface area contributed by atoms with Gasteiger partial charge in [0, 0.05) is 155 Å². The van der Waals surface area contributed by atoms with Crippen molar-refractivity contribution in [2.45, 2.75) is 140 Å². The monoisotopic (exact) mass is 1650 g/mol. The molecule has 11 heterocycles. The molecule has 110 heavy (non-hydrogen) atoms. The fourth-order valence-electron chi connectivity index (χ4n) is 16.9. The highest BCUT2D eigenvalue weighted by atomic mass is 35.5. The summed E-state index contributed by atoms with van der Waals surface area (Å²) in [4.78, 5) is 32.0. The number of aliphatic hydroxyl groups excluding tert-OH is 1. The van der Waals surface area contributed by atoms with E-state index in [2.05, 4.69) is 72.9 Å². The zero-order valence-electron chi connectivity index (χ0n) is 63.1. The number of likely N-dealkylation sites (tertiary alicyclic amines) is 2. The Morgan fingerprint density at radius 2 is 0.873 bits per heavy atom. The van der Waals surface area contributed by atoms with Gasteiger partial charge in [-0.05, 0) is 205 Å². The Hall–Kier alpha value is -7.24. The third kappa shape index (κ3) is 19.2. The average molecular weight is 1650 g/mol. The number of nitrogens with one attached hydrogen (secondary N) is 5. The largest absolute Gasteiger partial charge is 0.384 e. The van der Waals surface area contributed by atoms with E-state index in [1.54, 1.807) is 26.8 Å². The van der Waals surface area contributed by atoms with Crippen LogP contribution >= 0.6 is 46.4 Å². The van der Waals surface area contributed by atoms with Crippen molar-refractivity contribution in [3.63, 3.8) is 0 Å². The molecule has 5 aromatic heterocycles. The molecule has 0 saturated carbocycles. The fraction of sp³-hybridized carbons (Fsp3) is 0.507. The second-order valence-electron chi connectivity index (χ2n) is 30.8. The summed E-state index contributed by atoms with van der Waals surface area (Å²) in [5, 5.41) is 58.2. The molecule has 2 amide bonds. The Labute approximate surface area is 661 Å². The summed E-state index contributed by atoms with van der Waals surface area (Å²) in [6.45, 7) is 17.9. The number of aliphatic hydroxyl groups is 1. The summed E-state index contributed by atoms with van der Waals surface area (Å²) in [6.07, 6.45) is 19.9. The number of fused-ring (bicyclic) bond motifs is 5. The molecule has 6 fully saturated rings. The molecule has 6 saturated heterocycles. The lowest BCUT2D eigenvalue weighted by Crippen LogP contribution is -2.60. The predicted molar refractivity (Wildman–Crippen MR) is 435 cm³/mol. The van der Waals surface area contributed by atoms with Crippen LogP contribution in [0.2, 0.25) is 20.1 Å². The first-order chi connectivity index (χ1) is 52.1. The highest BCUT2D eigenvalue weighted by Gasteiger charge is 2.42. The number of rotatable bonds is 12. The lowest BCUT2D eigenvalue weighted by Gasteiger charge is -2.46. The number of halogens is 4. The number of aromatic amines is 5. The van der Waals surface area contributed by atoms with Crippen molar-refractivity contribution in [3.05, 3.63) is 134 Å². The summed E-state index contributed by atoms with van der Waals surface area (Å²) in [6, 6.07) is 19.8. The van der Waals surface area contributed by atoms with Crippen LogP contribution in [0.5, 0.6) is 0 Å². The Bertz CT molecular complexity index is 5270. The SMILES string of the molecule is CC(O)C(=O)N1CCC(c2cc(Cl)cc3[nH]ncc23)CC1.CC1(C)CC(c2cc(Cl)cc3[nH]ncc23)CCN1S(C)(=O)=O.CC1(C)CN(c2cc(N3CCCC3)cc3[nH]ncc23)CCN1S(C)(=O)=O.COCC(=O)N1CCC(c2cc(Cl)cc3[nH]ncc23)CC1.NS(=O)(=O)N1CCC(c2cc(Cl)cc3[nH]ncc23)CC1. The Morgan fingerprint density at radius 3 is 1.25 bits per heavy atom. The van der Waals surface area contributed by atoms with Crippen LogP contribution in [-0.4, -0.2) is 238 Å². The van der Waals surface area contributed by atoms with Crippen molar-refractivity contribution in [2.24, 2.45) is 5.14 Å². The van der Waals surface area contributed by atoms with E-state index >= 15 is 0 Å². The van der Waals surface area contributed by atoms with Crippen molar-refractivity contribution >= 4 is 154 Å². The molecule has 0 aliphatic carbocycles. The van der Waals surface area contributed by atoms with Crippen molar-refractivity contribution in [1.29, 1.82) is 0 Å². The second kappa shape index (κ2) is 34.2. The summed E-state index contributed by atoms with van der Waals surface area (Å²) >= 11 is 24.7. The molecule has 28 nitrogen and oxygen atoms in total. The number of anilines is 2. The van der Waals surface area contributed by atoms with Gasteiger partial charge in [0.1, 0.15) is 12.7 Å². The lowest BCUT2D eigenvalue weighted by molar-refractivity contribution is -0.140. The van der Waals surface area contributed by atoms with Gasteiger partial charge in [0.05, 0.1) is 71.1 Å². The molecular weight excluding hydrogens is 1550 g/mol. The first-order valence-electron chi connectivity index (χ1n) is 37.1. The van der Waals surface area contributed by atoms with Crippen LogP contribution < -0.4 is 14.9 Å². The standard InChI is InChI=1S/C18H27N5O2S.C15H20ClN3O2S.2C15H18ClN3O2.C12H15ClN4O2S/c1-18(2)13-22(8-9-23(18)26(3,24)25)17-11-14(21-6-4-5-7-21)10-16-15(17)12-19-20-16;1-15(2)8-10(4-5-19(15)22(3,20)21)12-6-11(16)7-14-13(12)9-17-18-14;1-21-9-15(20)19-4-2-10(3-5-19)12-6-11(16)7-14-13(12)8-17-18-14;1-9(20)15(21)19-4-2-10(3-5-19)12-6-11(16)7-14-13(12)8-17-18-14;13-9-5-10(11-7-15-16-12(11)6-9)8-1-3-17(4-2-8)20(14,18)19/h10-12H,4-9,13H2,1-3H3,(H,19,20);6-7,9-10H,4-5,8H2,1-3H3,(H,17,18);6-8,10H,2-5,9H2,1H3,(H,17,18);6-10,20H,2-5H2,1H3,(H,17,18);5-8H,1-4H2,(H,15,16)(H2,14,18,19). The maximum absolute atomic E-state index is 12.1. The van der Waals surface area contributed by atoms with E-state index in [0.29, 0.717) is 79.3 Å². The number of H-pyrrole nitrogens is 5. The van der Waals surface area contributed by atoms with Gasteiger partial charge in [0.2, 0.25) is 26.0 Å². The second-order valence-corrected chi connectivity index (χ2v) is 37.9. The van der Waals surface area contributed by atoms with Gasteiger partial charge in [-0.3, -0.25) is 35.1 Å². The molecule has 2 unspecified atom stereocenters. The number of hydrogen-bond acceptors (Lipinski definition) is 17. The molecule has 0 bridgehead atoms. The van der Waals surface area contributed by atoms with E-state index in [1.165, 1.54) is 53.4 Å². The summed E-state index contributed by atoms with van der Waals surface area (Å²) in [5.74, 6) is 1.19. The normalized spacial score (nSPS) is 19.7. The number of nitrogens with two attached hydrogens (primary N) is 1. The number of carbonyl (C=O) groups excluding carboxylic acids is 2. The molecule has 0 spiro atoms. The molecule has 16 rings (SSSR count). The van der Waals surface area contributed by atoms with Crippen molar-refractivity contribution < 1.29 is 44.7 Å². The molecular formula is C75H98Cl4N18O10S3. The molecule has 5 aromatic carbocycles. The van der Waals surface area contributed by atoms with Crippen LogP contribution in [0.3, 0.4) is 0 Å². The van der Waals surface area contributed by atoms with Gasteiger partial charge in [-0.25, -0.2) is 22.0 Å². The van der Waals surface area contributed by atoms with E-state index in [1.807, 2.05) is 106 Å². The molecule has 10 aromatic rings. The smallest absolute Gasteiger partial charge is 0.276 e. The number of ether oxygens (including phenoxy) is 1. The minimum atomic E-state index is -3.58. The van der Waals surface area contributed by atoms with Crippen LogP contribution in [0.15, 0.2) is 91.6 Å². The number of aromatic nitrogens is 10. The number of amides is 2. The number of sulfonamides is 2. The van der Waals surface area contributed by atoms with Gasteiger partial charge in [-0.15, -0.1) is 0 Å². The minimum absolute atomic E-state index is 0.0653. The van der Waals surface area contributed by atoms with E-state index in [4.69, 9.17) is 56.3 Å². The predicted octanol–water partition coefficient (Wildman–Crippen LogP) is 11.6. The Kier molecular flexibility index (Phi) is 25.6. The van der Waals surface area contributed by atoms with Crippen LogP contribution in [0.1, 0.15) is 145 Å². The third-order valence-corrected chi connectivity index (χ3v) is 27.0. The number of piperazine rings is 1. The first-order valence-corrected chi connectivity index (χ1v) is 43.8. The van der Waals surface area contributed by atoms with E-state index < -0.39 is 47.4 Å². The van der Waals surface area contributed by atoms with E-state index in [-0.39, 0.29) is 30.3 Å². The van der Waals surface area contributed by atoms with Crippen molar-refractivity contribution in [3.8, 4) is 0 Å². The molecule has 2 atom stereocenters. The van der Waals surface area contributed by atoms with Crippen molar-refractivity contribution in [1.82, 2.24) is 73.7 Å². The maximum Gasteiger partial charge on any atom is 0.276 e. The highest BCUT2D eigenvalue weighted by Crippen LogP contribution is 2.44. The lowest BCUT2D eigenvalue weighted by atomic mass is 9.79. The van der Waals surface area contributed by atoms with Gasteiger partial charge >= 0.3 is 0 Å². The van der Waals surface area contributed by atoms with Gasteiger partial charge < -0.3 is 29.4 Å². The van der Waals surface area contributed by atoms with Crippen LogP contribution in [0.25, 0.3) is 54.5 Å². The van der Waals surface area contributed by atoms with Crippen LogP contribution in [-0.2, 0) is 44.6 Å². The van der Waals surface area contributed by atoms with E-state index in [9.17, 15) is 39.9 Å². The fourth-order valence-corrected chi connectivity index (χ4v) is 21.3. The van der Waals surface area contributed by atoms with Crippen LogP contribution in [0, 0.1) is 0 Å². The highest BCUT2D eigenvalue weighted by molar-refractivity contribution is 7.88. The first kappa shape index (κ1) is 82.2. The molecule has 6 aliphatic rings. The summed E-state index contributed by atoms with van der Waals surface area (Å²) < 4.78 is 80.3. The summed E-state index contributed by atoms with van der Waals surface area (Å²) in [7, 11) is -8.44. The van der Waals surface area contributed by atoms with Gasteiger partial charge in [0.25, 0.3) is 16.1 Å². The minimum Gasteiger partial charge on any atom is -0.384 e. The number of methoxy groups -OCH3 is 1. The van der Waals surface area contributed by atoms with Crippen molar-refractivity contribution in [2.75, 3.05) is 115 Å².